The van der Waals surface area contributed by atoms with Gasteiger partial charge in [-0.1, -0.05) is 23.9 Å². The molecule has 0 aliphatic heterocycles. The molecule has 15 heavy (non-hydrogen) atoms. The molecule has 0 aromatic heterocycles. The van der Waals surface area contributed by atoms with Crippen LogP contribution in [-0.2, 0) is 4.79 Å². The highest BCUT2D eigenvalue weighted by atomic mass is 32.2. The van der Waals surface area contributed by atoms with E-state index in [9.17, 15) is 9.59 Å². The molecule has 0 bridgehead atoms. The normalized spacial score (nSPS) is 10.0. The molecule has 0 saturated carbocycles. The average Bonchev–Trinajstić information content (AvgIpc) is 2.26. The molecule has 1 rings (SSSR count). The van der Waals surface area contributed by atoms with Gasteiger partial charge in [0, 0.05) is 17.4 Å². The van der Waals surface area contributed by atoms with Crippen LogP contribution >= 0.6 is 23.5 Å². The van der Waals surface area contributed by atoms with Crippen LogP contribution in [0.2, 0.25) is 0 Å². The van der Waals surface area contributed by atoms with Crippen LogP contribution in [0.1, 0.15) is 17.3 Å². The van der Waals surface area contributed by atoms with E-state index in [-0.39, 0.29) is 16.7 Å². The maximum Gasteiger partial charge on any atom is 0.186 e. The lowest BCUT2D eigenvalue weighted by Crippen LogP contribution is -2.03. The summed E-state index contributed by atoms with van der Waals surface area (Å²) in [6.45, 7) is 1.47. The van der Waals surface area contributed by atoms with Crippen molar-refractivity contribution >= 4 is 34.4 Å². The lowest BCUT2D eigenvalue weighted by molar-refractivity contribution is -0.109. The molecule has 0 fully saturated rings. The van der Waals surface area contributed by atoms with Crippen molar-refractivity contribution in [1.29, 1.82) is 0 Å². The van der Waals surface area contributed by atoms with Gasteiger partial charge in [0.25, 0.3) is 0 Å². The third-order valence-electron chi connectivity index (χ3n) is 1.82. The lowest BCUT2D eigenvalue weighted by atomic mass is 10.1. The highest BCUT2D eigenvalue weighted by Crippen LogP contribution is 2.16. The summed E-state index contributed by atoms with van der Waals surface area (Å²) < 4.78 is 0. The molecule has 0 aliphatic carbocycles. The van der Waals surface area contributed by atoms with Crippen molar-refractivity contribution in [2.24, 2.45) is 0 Å². The molecule has 0 spiro atoms. The number of ketones is 1. The molecule has 0 radical (unpaired) electrons. The molecule has 0 heterocycles. The Hall–Kier alpha value is -0.740. The number of Topliss-reactive ketones (excluding diaryl/α,β-unsaturated/α-hetero) is 1. The van der Waals surface area contributed by atoms with Crippen LogP contribution in [0.15, 0.2) is 29.2 Å². The van der Waals surface area contributed by atoms with Crippen molar-refractivity contribution in [3.63, 3.8) is 0 Å². The first-order valence-electron chi connectivity index (χ1n) is 4.44. The highest BCUT2D eigenvalue weighted by molar-refractivity contribution is 8.14. The largest absolute Gasteiger partial charge is 0.293 e. The van der Waals surface area contributed by atoms with Gasteiger partial charge in [-0.15, -0.1) is 11.8 Å². The minimum absolute atomic E-state index is 0.00264. The predicted octanol–water partition coefficient (Wildman–Crippen LogP) is 2.87. The maximum atomic E-state index is 11.6. The Morgan fingerprint density at radius 3 is 2.27 bits per heavy atom. The standard InChI is InChI=1S/C11H12O2S2/c1-8(12)15-7-11(13)9-3-5-10(14-2)6-4-9/h3-6H,7H2,1-2H3. The fraction of sp³-hybridized carbons (Fsp3) is 0.273. The third-order valence-corrected chi connectivity index (χ3v) is 3.38. The Labute approximate surface area is 97.8 Å². The summed E-state index contributed by atoms with van der Waals surface area (Å²) in [6, 6.07) is 7.43. The molecule has 0 saturated heterocycles. The number of rotatable bonds is 4. The van der Waals surface area contributed by atoms with E-state index in [2.05, 4.69) is 0 Å². The zero-order valence-electron chi connectivity index (χ0n) is 8.65. The van der Waals surface area contributed by atoms with Crippen molar-refractivity contribution < 1.29 is 9.59 Å². The van der Waals surface area contributed by atoms with Crippen LogP contribution < -0.4 is 0 Å². The average molecular weight is 240 g/mol. The summed E-state index contributed by atoms with van der Waals surface area (Å²) in [7, 11) is 0. The molecule has 4 heteroatoms. The molecule has 0 amide bonds. The Bertz CT molecular complexity index is 357. The summed E-state index contributed by atoms with van der Waals surface area (Å²) >= 11 is 2.69. The van der Waals surface area contributed by atoms with E-state index in [4.69, 9.17) is 0 Å². The van der Waals surface area contributed by atoms with Crippen molar-refractivity contribution in [2.45, 2.75) is 11.8 Å². The second-order valence-corrected chi connectivity index (χ2v) is 4.96. The fourth-order valence-electron chi connectivity index (χ4n) is 1.03. The molecule has 0 atom stereocenters. The molecule has 0 N–H and O–H groups in total. The third kappa shape index (κ3) is 4.10. The first kappa shape index (κ1) is 12.3. The number of carbonyl (C=O) groups excluding carboxylic acids is 2. The quantitative estimate of drug-likeness (QED) is 0.598. The van der Waals surface area contributed by atoms with Crippen molar-refractivity contribution in [3.8, 4) is 0 Å². The topological polar surface area (TPSA) is 34.1 Å². The van der Waals surface area contributed by atoms with Gasteiger partial charge < -0.3 is 0 Å². The second-order valence-electron chi connectivity index (χ2n) is 2.93. The number of thioether (sulfide) groups is 2. The van der Waals surface area contributed by atoms with Crippen molar-refractivity contribution in [2.75, 3.05) is 12.0 Å². The van der Waals surface area contributed by atoms with Gasteiger partial charge in [0.1, 0.15) is 0 Å². The molecule has 0 aliphatic rings. The van der Waals surface area contributed by atoms with Crippen LogP contribution in [0.5, 0.6) is 0 Å². The monoisotopic (exact) mass is 240 g/mol. The van der Waals surface area contributed by atoms with Crippen LogP contribution in [0.4, 0.5) is 0 Å². The van der Waals surface area contributed by atoms with Crippen LogP contribution in [0, 0.1) is 0 Å². The summed E-state index contributed by atoms with van der Waals surface area (Å²) in [4.78, 5) is 23.4. The zero-order chi connectivity index (χ0) is 11.3. The highest BCUT2D eigenvalue weighted by Gasteiger charge is 2.07. The number of carbonyl (C=O) groups is 2. The molecule has 2 nitrogen and oxygen atoms in total. The van der Waals surface area contributed by atoms with E-state index >= 15 is 0 Å². The van der Waals surface area contributed by atoms with E-state index in [1.54, 1.807) is 23.9 Å². The first-order valence-corrected chi connectivity index (χ1v) is 6.65. The minimum atomic E-state index is -0.0240. The summed E-state index contributed by atoms with van der Waals surface area (Å²) in [5, 5.41) is -0.0240. The summed E-state index contributed by atoms with van der Waals surface area (Å²) in [6.07, 6.45) is 1.99. The molecular weight excluding hydrogens is 228 g/mol. The Balaban J connectivity index is 2.62. The number of benzene rings is 1. The molecule has 1 aromatic rings. The number of hydrogen-bond donors (Lipinski definition) is 0. The fourth-order valence-corrected chi connectivity index (χ4v) is 1.94. The Morgan fingerprint density at radius 1 is 1.20 bits per heavy atom. The van der Waals surface area contributed by atoms with E-state index in [0.29, 0.717) is 5.56 Å². The van der Waals surface area contributed by atoms with Gasteiger partial charge in [0.05, 0.1) is 5.75 Å². The number of hydrogen-bond acceptors (Lipinski definition) is 4. The maximum absolute atomic E-state index is 11.6. The predicted molar refractivity (Wildman–Crippen MR) is 65.7 cm³/mol. The second kappa shape index (κ2) is 5.98. The summed E-state index contributed by atoms with van der Waals surface area (Å²) in [5.74, 6) is 0.233. The minimum Gasteiger partial charge on any atom is -0.293 e. The van der Waals surface area contributed by atoms with E-state index < -0.39 is 0 Å². The SMILES string of the molecule is CSc1ccc(C(=O)CSC(C)=O)cc1. The van der Waals surface area contributed by atoms with Crippen molar-refractivity contribution in [3.05, 3.63) is 29.8 Å². The van der Waals surface area contributed by atoms with Crippen LogP contribution in [0.3, 0.4) is 0 Å². The van der Waals surface area contributed by atoms with E-state index in [1.807, 2.05) is 18.4 Å². The Kier molecular flexibility index (Phi) is 4.91. The summed E-state index contributed by atoms with van der Waals surface area (Å²) in [5.41, 5.74) is 0.668. The molecule has 1 aromatic carbocycles. The van der Waals surface area contributed by atoms with Gasteiger partial charge >= 0.3 is 0 Å². The van der Waals surface area contributed by atoms with Gasteiger partial charge in [-0.25, -0.2) is 0 Å². The van der Waals surface area contributed by atoms with Gasteiger partial charge in [-0.2, -0.15) is 0 Å². The molecular formula is C11H12O2S2. The first-order chi connectivity index (χ1) is 7.13. The molecule has 80 valence electrons. The zero-order valence-corrected chi connectivity index (χ0v) is 10.3. The van der Waals surface area contributed by atoms with E-state index in [1.165, 1.54) is 6.92 Å². The van der Waals surface area contributed by atoms with Crippen molar-refractivity contribution in [1.82, 2.24) is 0 Å². The van der Waals surface area contributed by atoms with Crippen LogP contribution in [-0.4, -0.2) is 22.9 Å². The van der Waals surface area contributed by atoms with Crippen LogP contribution in [0.25, 0.3) is 0 Å². The lowest BCUT2D eigenvalue weighted by Gasteiger charge is -2.00. The van der Waals surface area contributed by atoms with E-state index in [0.717, 1.165) is 16.7 Å². The van der Waals surface area contributed by atoms with Gasteiger partial charge in [-0.05, 0) is 18.4 Å². The van der Waals surface area contributed by atoms with Gasteiger partial charge in [0.15, 0.2) is 10.9 Å². The van der Waals surface area contributed by atoms with Gasteiger partial charge in [-0.3, -0.25) is 9.59 Å². The molecule has 0 unspecified atom stereocenters. The van der Waals surface area contributed by atoms with Gasteiger partial charge in [0.2, 0.25) is 0 Å². The Morgan fingerprint density at radius 2 is 1.80 bits per heavy atom. The smallest absolute Gasteiger partial charge is 0.186 e.